The molecule has 0 amide bonds. The Labute approximate surface area is 160 Å². The van der Waals surface area contributed by atoms with Crippen molar-refractivity contribution in [2.45, 2.75) is 5.41 Å². The molecule has 1 N–H and O–H groups in total. The third kappa shape index (κ3) is 1.71. The maximum atomic E-state index is 3.72. The molecule has 0 bridgehead atoms. The van der Waals surface area contributed by atoms with Crippen LogP contribution in [0, 0.1) is 0 Å². The van der Waals surface area contributed by atoms with Gasteiger partial charge in [0.1, 0.15) is 7.85 Å². The van der Waals surface area contributed by atoms with Crippen molar-refractivity contribution in [2.24, 2.45) is 0 Å². The van der Waals surface area contributed by atoms with E-state index >= 15 is 0 Å². The molecule has 0 aromatic heterocycles. The van der Waals surface area contributed by atoms with Crippen LogP contribution in [0.25, 0.3) is 11.1 Å². The number of rotatable bonds is 0. The summed E-state index contributed by atoms with van der Waals surface area (Å²) >= 11 is 0. The molecule has 0 radical (unpaired) electrons. The topological polar surface area (TPSA) is 12.0 Å². The summed E-state index contributed by atoms with van der Waals surface area (Å²) in [5, 5.41) is 3.72. The van der Waals surface area contributed by atoms with Gasteiger partial charge in [0.2, 0.25) is 0 Å². The van der Waals surface area contributed by atoms with E-state index in [4.69, 9.17) is 0 Å². The lowest BCUT2D eigenvalue weighted by Crippen LogP contribution is -2.35. The van der Waals surface area contributed by atoms with Gasteiger partial charge in [-0.05, 0) is 39.4 Å². The minimum Gasteiger partial charge on any atom is -0.355 e. The lowest BCUT2D eigenvalue weighted by atomic mass is 9.64. The van der Waals surface area contributed by atoms with E-state index in [2.05, 4.69) is 104 Å². The van der Waals surface area contributed by atoms with Crippen molar-refractivity contribution in [3.8, 4) is 11.1 Å². The highest BCUT2D eigenvalue weighted by atomic mass is 14.9. The van der Waals surface area contributed by atoms with Crippen molar-refractivity contribution in [2.75, 3.05) is 5.32 Å². The molecule has 2 aliphatic rings. The van der Waals surface area contributed by atoms with Gasteiger partial charge in [-0.3, -0.25) is 0 Å². The van der Waals surface area contributed by atoms with Gasteiger partial charge in [0.05, 0.1) is 5.41 Å². The van der Waals surface area contributed by atoms with Crippen LogP contribution in [0.3, 0.4) is 0 Å². The highest BCUT2D eigenvalue weighted by molar-refractivity contribution is 6.36. The largest absolute Gasteiger partial charge is 0.355 e. The average Bonchev–Trinajstić information content (AvgIpc) is 3.01. The zero-order chi connectivity index (χ0) is 18.0. The maximum Gasteiger partial charge on any atom is 0.142 e. The molecule has 1 nitrogen and oxygen atoms in total. The molecule has 0 unspecified atom stereocenters. The SMILES string of the molecule is Bc1cccc2c1Nc1ccccc1C21c2ccccc2-c2ccccc21. The van der Waals surface area contributed by atoms with Gasteiger partial charge < -0.3 is 5.32 Å². The zero-order valence-electron chi connectivity index (χ0n) is 15.2. The smallest absolute Gasteiger partial charge is 0.142 e. The summed E-state index contributed by atoms with van der Waals surface area (Å²) < 4.78 is 0. The second-order valence-corrected chi connectivity index (χ2v) is 7.51. The standard InChI is InChI=1S/C25H18BN/c26-22-14-7-13-21-24(22)27-23-15-6-5-12-20(23)25(21)18-10-3-1-8-16(18)17-9-2-4-11-19(17)25/h1-15,27H,26H2. The van der Waals surface area contributed by atoms with Crippen LogP contribution < -0.4 is 10.8 Å². The second kappa shape index (κ2) is 5.14. The van der Waals surface area contributed by atoms with E-state index in [9.17, 15) is 0 Å². The molecule has 1 aliphatic carbocycles. The predicted octanol–water partition coefficient (Wildman–Crippen LogP) is 4.37. The number of anilines is 2. The number of para-hydroxylation sites is 2. The van der Waals surface area contributed by atoms with Crippen LogP contribution in [-0.2, 0) is 5.41 Å². The van der Waals surface area contributed by atoms with Crippen molar-refractivity contribution in [3.05, 3.63) is 113 Å². The molecule has 1 aliphatic heterocycles. The highest BCUT2D eigenvalue weighted by Crippen LogP contribution is 2.60. The van der Waals surface area contributed by atoms with Gasteiger partial charge in [-0.1, -0.05) is 90.4 Å². The average molecular weight is 343 g/mol. The molecule has 126 valence electrons. The molecule has 4 aromatic rings. The van der Waals surface area contributed by atoms with Crippen molar-refractivity contribution in [3.63, 3.8) is 0 Å². The third-order valence-electron chi connectivity index (χ3n) is 6.22. The van der Waals surface area contributed by atoms with Gasteiger partial charge in [-0.25, -0.2) is 0 Å². The fourth-order valence-electron chi connectivity index (χ4n) is 5.16. The summed E-state index contributed by atoms with van der Waals surface area (Å²) in [6, 6.07) is 33.2. The van der Waals surface area contributed by atoms with Gasteiger partial charge in [0.25, 0.3) is 0 Å². The molecule has 27 heavy (non-hydrogen) atoms. The number of hydrogen-bond donors (Lipinski definition) is 1. The number of fused-ring (bicyclic) bond motifs is 9. The van der Waals surface area contributed by atoms with Crippen LogP contribution in [0.15, 0.2) is 91.0 Å². The molecule has 1 spiro atoms. The molecule has 2 heteroatoms. The summed E-state index contributed by atoms with van der Waals surface area (Å²) in [6.45, 7) is 0. The Hall–Kier alpha value is -3.26. The fraction of sp³-hybridized carbons (Fsp3) is 0.0400. The lowest BCUT2D eigenvalue weighted by molar-refractivity contribution is 0.764. The van der Waals surface area contributed by atoms with Gasteiger partial charge in [0, 0.05) is 11.4 Å². The summed E-state index contributed by atoms with van der Waals surface area (Å²) in [7, 11) is 2.19. The van der Waals surface area contributed by atoms with Crippen LogP contribution in [-0.4, -0.2) is 7.85 Å². The normalized spacial score (nSPS) is 14.7. The summed E-state index contributed by atoms with van der Waals surface area (Å²) in [6.07, 6.45) is 0. The first-order chi connectivity index (χ1) is 13.3. The first-order valence-corrected chi connectivity index (χ1v) is 9.48. The molecule has 0 saturated carbocycles. The lowest BCUT2D eigenvalue weighted by Gasteiger charge is -2.41. The Morgan fingerprint density at radius 1 is 0.556 bits per heavy atom. The molecule has 0 saturated heterocycles. The van der Waals surface area contributed by atoms with Crippen LogP contribution >= 0.6 is 0 Å². The Balaban J connectivity index is 1.87. The van der Waals surface area contributed by atoms with Crippen molar-refractivity contribution in [1.29, 1.82) is 0 Å². The van der Waals surface area contributed by atoms with E-state index in [1.807, 2.05) is 0 Å². The van der Waals surface area contributed by atoms with Gasteiger partial charge in [0.15, 0.2) is 0 Å². The third-order valence-corrected chi connectivity index (χ3v) is 6.22. The van der Waals surface area contributed by atoms with E-state index < -0.39 is 0 Å². The fourth-order valence-corrected chi connectivity index (χ4v) is 5.16. The quantitative estimate of drug-likeness (QED) is 0.404. The van der Waals surface area contributed by atoms with Crippen LogP contribution in [0.2, 0.25) is 0 Å². The van der Waals surface area contributed by atoms with Gasteiger partial charge in [-0.15, -0.1) is 0 Å². The van der Waals surface area contributed by atoms with E-state index in [1.54, 1.807) is 0 Å². The van der Waals surface area contributed by atoms with E-state index in [-0.39, 0.29) is 5.41 Å². The van der Waals surface area contributed by atoms with Crippen molar-refractivity contribution in [1.82, 2.24) is 0 Å². The minimum atomic E-state index is -0.267. The first-order valence-electron chi connectivity index (χ1n) is 9.48. The Morgan fingerprint density at radius 2 is 1.11 bits per heavy atom. The van der Waals surface area contributed by atoms with Crippen molar-refractivity contribution < 1.29 is 0 Å². The van der Waals surface area contributed by atoms with Gasteiger partial charge in [-0.2, -0.15) is 0 Å². The number of benzene rings is 4. The first kappa shape index (κ1) is 14.9. The summed E-state index contributed by atoms with van der Waals surface area (Å²) in [5.41, 5.74) is 11.6. The number of hydrogen-bond acceptors (Lipinski definition) is 1. The minimum absolute atomic E-state index is 0.267. The van der Waals surface area contributed by atoms with Gasteiger partial charge >= 0.3 is 0 Å². The number of nitrogens with one attached hydrogen (secondary N) is 1. The van der Waals surface area contributed by atoms with E-state index in [0.717, 1.165) is 0 Å². The van der Waals surface area contributed by atoms with Crippen LogP contribution in [0.4, 0.5) is 11.4 Å². The molecule has 4 aromatic carbocycles. The monoisotopic (exact) mass is 343 g/mol. The summed E-state index contributed by atoms with van der Waals surface area (Å²) in [5.74, 6) is 0. The molecular formula is C25H18BN. The molecule has 0 atom stereocenters. The zero-order valence-corrected chi connectivity index (χ0v) is 15.2. The highest BCUT2D eigenvalue weighted by Gasteiger charge is 2.49. The Morgan fingerprint density at radius 3 is 1.81 bits per heavy atom. The molecular weight excluding hydrogens is 325 g/mol. The van der Waals surface area contributed by atoms with E-state index in [1.165, 1.54) is 50.2 Å². The molecule has 6 rings (SSSR count). The molecule has 0 fully saturated rings. The Kier molecular flexibility index (Phi) is 2.83. The maximum absolute atomic E-state index is 3.72. The second-order valence-electron chi connectivity index (χ2n) is 7.51. The molecule has 1 heterocycles. The van der Waals surface area contributed by atoms with Crippen molar-refractivity contribution >= 4 is 24.7 Å². The summed E-state index contributed by atoms with van der Waals surface area (Å²) in [4.78, 5) is 0. The van der Waals surface area contributed by atoms with E-state index in [0.29, 0.717) is 0 Å². The predicted molar refractivity (Wildman–Crippen MR) is 115 cm³/mol. The Bertz CT molecular complexity index is 1180. The van der Waals surface area contributed by atoms with Crippen LogP contribution in [0.5, 0.6) is 0 Å². The van der Waals surface area contributed by atoms with Crippen LogP contribution in [0.1, 0.15) is 22.3 Å².